The molecule has 1 saturated carbocycles. The van der Waals surface area contributed by atoms with E-state index in [1.807, 2.05) is 0 Å². The van der Waals surface area contributed by atoms with Gasteiger partial charge in [-0.2, -0.15) is 4.72 Å². The average molecular weight is 333 g/mol. The number of esters is 1. The molecule has 0 saturated heterocycles. The maximum atomic E-state index is 12.4. The van der Waals surface area contributed by atoms with Gasteiger partial charge < -0.3 is 9.84 Å². The first-order valence-electron chi connectivity index (χ1n) is 6.15. The molecule has 0 amide bonds. The van der Waals surface area contributed by atoms with Gasteiger partial charge >= 0.3 is 11.9 Å². The Morgan fingerprint density at radius 1 is 1.48 bits per heavy atom. The van der Waals surface area contributed by atoms with E-state index >= 15 is 0 Å². The van der Waals surface area contributed by atoms with Crippen molar-refractivity contribution in [2.45, 2.75) is 30.2 Å². The Morgan fingerprint density at radius 3 is 2.57 bits per heavy atom. The topological polar surface area (TPSA) is 110 Å². The molecular formula is C12H15NO6S2. The lowest BCUT2D eigenvalue weighted by molar-refractivity contribution is -0.144. The van der Waals surface area contributed by atoms with E-state index in [0.29, 0.717) is 12.8 Å². The van der Waals surface area contributed by atoms with Gasteiger partial charge in [0.15, 0.2) is 0 Å². The van der Waals surface area contributed by atoms with Gasteiger partial charge in [-0.05, 0) is 37.1 Å². The smallest absolute Gasteiger partial charge is 0.349 e. The molecule has 1 aliphatic carbocycles. The molecule has 1 atom stereocenters. The highest BCUT2D eigenvalue weighted by Crippen LogP contribution is 2.40. The molecule has 0 aromatic carbocycles. The molecule has 2 rings (SSSR count). The van der Waals surface area contributed by atoms with Crippen LogP contribution in [-0.2, 0) is 19.6 Å². The molecule has 1 unspecified atom stereocenters. The third-order valence-electron chi connectivity index (χ3n) is 3.47. The van der Waals surface area contributed by atoms with E-state index < -0.39 is 27.5 Å². The average Bonchev–Trinajstić information content (AvgIpc) is 3.14. The standard InChI is InChI=1S/C12H15NO6S2/c1-12(11(15)16,7-3-4-7)13-21(17,18)8-5-6-20-9(8)10(14)19-2/h5-7,13H,3-4H2,1-2H3,(H,15,16). The second-order valence-corrected chi connectivity index (χ2v) is 7.56. The molecule has 1 aliphatic rings. The number of carboxylic acid groups (broad SMARTS) is 1. The highest BCUT2D eigenvalue weighted by Gasteiger charge is 2.50. The number of aliphatic carboxylic acids is 1. The van der Waals surface area contributed by atoms with Crippen molar-refractivity contribution in [3.8, 4) is 0 Å². The number of hydrogen-bond donors (Lipinski definition) is 2. The molecule has 2 N–H and O–H groups in total. The lowest BCUT2D eigenvalue weighted by Gasteiger charge is -2.25. The highest BCUT2D eigenvalue weighted by atomic mass is 32.2. The molecule has 0 aliphatic heterocycles. The van der Waals surface area contributed by atoms with E-state index in [9.17, 15) is 23.1 Å². The van der Waals surface area contributed by atoms with Crippen molar-refractivity contribution in [3.05, 3.63) is 16.3 Å². The van der Waals surface area contributed by atoms with Gasteiger partial charge in [0, 0.05) is 0 Å². The molecular weight excluding hydrogens is 318 g/mol. The Hall–Kier alpha value is -1.45. The lowest BCUT2D eigenvalue weighted by Crippen LogP contribution is -2.53. The van der Waals surface area contributed by atoms with Gasteiger partial charge in [-0.3, -0.25) is 4.79 Å². The van der Waals surface area contributed by atoms with Crippen LogP contribution in [-0.4, -0.2) is 38.1 Å². The monoisotopic (exact) mass is 333 g/mol. The van der Waals surface area contributed by atoms with Crippen LogP contribution < -0.4 is 4.72 Å². The molecule has 1 heterocycles. The van der Waals surface area contributed by atoms with E-state index in [1.165, 1.54) is 18.4 Å². The maximum Gasteiger partial charge on any atom is 0.349 e. The summed E-state index contributed by atoms with van der Waals surface area (Å²) in [6.07, 6.45) is 1.30. The van der Waals surface area contributed by atoms with Crippen LogP contribution in [0.2, 0.25) is 0 Å². The van der Waals surface area contributed by atoms with Crippen molar-refractivity contribution in [2.75, 3.05) is 7.11 Å². The van der Waals surface area contributed by atoms with Crippen LogP contribution in [0.3, 0.4) is 0 Å². The van der Waals surface area contributed by atoms with Crippen molar-refractivity contribution >= 4 is 33.3 Å². The SMILES string of the molecule is COC(=O)c1sccc1S(=O)(=O)NC(C)(C(=O)O)C1CC1. The predicted octanol–water partition coefficient (Wildman–Crippen LogP) is 1.07. The molecule has 0 bridgehead atoms. The minimum atomic E-state index is -4.13. The molecule has 1 aromatic rings. The van der Waals surface area contributed by atoms with Crippen LogP contribution >= 0.6 is 11.3 Å². The summed E-state index contributed by atoms with van der Waals surface area (Å²) in [4.78, 5) is 22.6. The quantitative estimate of drug-likeness (QED) is 0.754. The van der Waals surface area contributed by atoms with Crippen molar-refractivity contribution in [3.63, 3.8) is 0 Å². The molecule has 7 nitrogen and oxygen atoms in total. The lowest BCUT2D eigenvalue weighted by atomic mass is 9.98. The Balaban J connectivity index is 2.37. The van der Waals surface area contributed by atoms with E-state index in [0.717, 1.165) is 18.4 Å². The number of carboxylic acids is 1. The number of hydrogen-bond acceptors (Lipinski definition) is 6. The molecule has 9 heteroatoms. The van der Waals surface area contributed by atoms with Crippen LogP contribution in [0.25, 0.3) is 0 Å². The van der Waals surface area contributed by atoms with E-state index in [-0.39, 0.29) is 15.7 Å². The number of thiophene rings is 1. The van der Waals surface area contributed by atoms with Gasteiger partial charge in [-0.25, -0.2) is 13.2 Å². The third kappa shape index (κ3) is 2.94. The summed E-state index contributed by atoms with van der Waals surface area (Å²) in [6, 6.07) is 1.26. The Morgan fingerprint density at radius 2 is 2.10 bits per heavy atom. The fourth-order valence-corrected chi connectivity index (χ4v) is 4.81. The molecule has 21 heavy (non-hydrogen) atoms. The second kappa shape index (κ2) is 5.39. The summed E-state index contributed by atoms with van der Waals surface area (Å²) in [6.45, 7) is 1.34. The molecule has 1 aromatic heterocycles. The number of methoxy groups -OCH3 is 1. The minimum absolute atomic E-state index is 0.0754. The minimum Gasteiger partial charge on any atom is -0.480 e. The predicted molar refractivity (Wildman–Crippen MR) is 74.7 cm³/mol. The fourth-order valence-electron chi connectivity index (χ4n) is 2.05. The number of ether oxygens (including phenoxy) is 1. The summed E-state index contributed by atoms with van der Waals surface area (Å²) in [7, 11) is -2.98. The zero-order chi connectivity index (χ0) is 15.8. The van der Waals surface area contributed by atoms with Gasteiger partial charge in [0.25, 0.3) is 0 Å². The summed E-state index contributed by atoms with van der Waals surface area (Å²) < 4.78 is 31.6. The van der Waals surface area contributed by atoms with Gasteiger partial charge in [0.2, 0.25) is 10.0 Å². The largest absolute Gasteiger partial charge is 0.480 e. The number of carbonyl (C=O) groups is 2. The van der Waals surface area contributed by atoms with Crippen LogP contribution in [0.1, 0.15) is 29.4 Å². The number of nitrogens with one attached hydrogen (secondary N) is 1. The molecule has 0 spiro atoms. The number of carbonyl (C=O) groups excluding carboxylic acids is 1. The summed E-state index contributed by atoms with van der Waals surface area (Å²) >= 11 is 0.926. The van der Waals surface area contributed by atoms with Crippen molar-refractivity contribution < 1.29 is 27.9 Å². The Labute approximate surface area is 126 Å². The summed E-state index contributed by atoms with van der Waals surface area (Å²) in [5.41, 5.74) is -1.58. The third-order valence-corrected chi connectivity index (χ3v) is 6.11. The maximum absolute atomic E-state index is 12.4. The fraction of sp³-hybridized carbons (Fsp3) is 0.500. The van der Waals surface area contributed by atoms with E-state index in [4.69, 9.17) is 0 Å². The van der Waals surface area contributed by atoms with E-state index in [1.54, 1.807) is 0 Å². The molecule has 1 fully saturated rings. The van der Waals surface area contributed by atoms with Gasteiger partial charge in [-0.15, -0.1) is 11.3 Å². The number of rotatable bonds is 6. The van der Waals surface area contributed by atoms with Crippen LogP contribution in [0.4, 0.5) is 0 Å². The number of sulfonamides is 1. The van der Waals surface area contributed by atoms with Gasteiger partial charge in [0.05, 0.1) is 7.11 Å². The van der Waals surface area contributed by atoms with Gasteiger partial charge in [0.1, 0.15) is 15.3 Å². The van der Waals surface area contributed by atoms with E-state index in [2.05, 4.69) is 9.46 Å². The van der Waals surface area contributed by atoms with Crippen LogP contribution in [0, 0.1) is 5.92 Å². The second-order valence-electron chi connectivity index (χ2n) is 4.99. The molecule has 0 radical (unpaired) electrons. The first-order valence-corrected chi connectivity index (χ1v) is 8.52. The van der Waals surface area contributed by atoms with Crippen molar-refractivity contribution in [2.24, 2.45) is 5.92 Å². The zero-order valence-electron chi connectivity index (χ0n) is 11.5. The summed E-state index contributed by atoms with van der Waals surface area (Å²) in [5, 5.41) is 10.8. The van der Waals surface area contributed by atoms with Crippen molar-refractivity contribution in [1.29, 1.82) is 0 Å². The van der Waals surface area contributed by atoms with Crippen LogP contribution in [0.5, 0.6) is 0 Å². The van der Waals surface area contributed by atoms with Gasteiger partial charge in [-0.1, -0.05) is 0 Å². The Kier molecular flexibility index (Phi) is 4.09. The summed E-state index contributed by atoms with van der Waals surface area (Å²) in [5.74, 6) is -2.25. The normalized spacial score (nSPS) is 18.0. The first kappa shape index (κ1) is 15.9. The van der Waals surface area contributed by atoms with Crippen molar-refractivity contribution in [1.82, 2.24) is 4.72 Å². The van der Waals surface area contributed by atoms with Crippen LogP contribution in [0.15, 0.2) is 16.3 Å². The first-order chi connectivity index (χ1) is 9.72. The Bertz CT molecular complexity index is 676. The zero-order valence-corrected chi connectivity index (χ0v) is 13.1. The molecule has 116 valence electrons. The highest BCUT2D eigenvalue weighted by molar-refractivity contribution is 7.89.